The number of pyridine rings is 1. The average molecular weight is 559 g/mol. The number of fused-ring (bicyclic) bond motifs is 2. The van der Waals surface area contributed by atoms with Crippen LogP contribution in [0.4, 0.5) is 4.79 Å². The Morgan fingerprint density at radius 2 is 1.88 bits per heavy atom. The predicted molar refractivity (Wildman–Crippen MR) is 126 cm³/mol. The molecule has 1 saturated heterocycles. The van der Waals surface area contributed by atoms with Gasteiger partial charge in [-0.05, 0) is 84.4 Å². The number of halogens is 2. The molecule has 1 aliphatic heterocycles. The van der Waals surface area contributed by atoms with Crippen LogP contribution in [0.25, 0.3) is 0 Å². The fourth-order valence-electron chi connectivity index (χ4n) is 4.56. The van der Waals surface area contributed by atoms with Gasteiger partial charge in [0, 0.05) is 35.3 Å². The Balaban J connectivity index is 0.00000324. The number of ether oxygens (including phenoxy) is 1. The molecular formula is C24H26BrClN3NaO4. The molecule has 4 rings (SSSR count). The van der Waals surface area contributed by atoms with Crippen LogP contribution in [-0.2, 0) is 22.4 Å². The van der Waals surface area contributed by atoms with Crippen LogP contribution in [0.3, 0.4) is 0 Å². The number of hydrogen-bond donors (Lipinski definition) is 0. The van der Waals surface area contributed by atoms with E-state index < -0.39 is 23.7 Å². The molecule has 2 aromatic rings. The first-order valence-electron chi connectivity index (χ1n) is 10.9. The van der Waals surface area contributed by atoms with Crippen LogP contribution in [0.1, 0.15) is 49.2 Å². The van der Waals surface area contributed by atoms with Gasteiger partial charge in [-0.3, -0.25) is 14.8 Å². The molecule has 2 atom stereocenters. The number of carbonyl (C=O) groups excluding carboxylic acids is 2. The number of piperazine rings is 1. The van der Waals surface area contributed by atoms with Crippen molar-refractivity contribution in [3.63, 3.8) is 0 Å². The Bertz CT molecular complexity index is 1040. The average Bonchev–Trinajstić information content (AvgIpc) is 2.88. The maximum atomic E-state index is 12.7. The van der Waals surface area contributed by atoms with Gasteiger partial charge in [-0.15, -0.1) is 0 Å². The van der Waals surface area contributed by atoms with Gasteiger partial charge in [0.25, 0.3) is 0 Å². The summed E-state index contributed by atoms with van der Waals surface area (Å²) in [5.41, 5.74) is 3.43. The maximum absolute atomic E-state index is 12.7. The maximum Gasteiger partial charge on any atom is 1.00 e. The topological polar surface area (TPSA) is 85.8 Å². The largest absolute Gasteiger partial charge is 1.00 e. The molecule has 1 aromatic carbocycles. The van der Waals surface area contributed by atoms with Crippen molar-refractivity contribution in [3.8, 4) is 0 Å². The van der Waals surface area contributed by atoms with Crippen molar-refractivity contribution in [2.75, 3.05) is 19.6 Å². The van der Waals surface area contributed by atoms with Crippen LogP contribution in [0.2, 0.25) is 5.02 Å². The minimum Gasteiger partial charge on any atom is -0.548 e. The second-order valence-electron chi connectivity index (χ2n) is 9.45. The summed E-state index contributed by atoms with van der Waals surface area (Å²) in [6, 6.07) is 6.49. The van der Waals surface area contributed by atoms with Crippen molar-refractivity contribution in [1.29, 1.82) is 0 Å². The second kappa shape index (κ2) is 10.8. The third-order valence-corrected chi connectivity index (χ3v) is 6.64. The summed E-state index contributed by atoms with van der Waals surface area (Å²) in [5, 5.41) is 12.7. The van der Waals surface area contributed by atoms with Gasteiger partial charge in [0.05, 0.1) is 23.7 Å². The number of aryl methyl sites for hydroxylation is 2. The SMILES string of the molecule is CC(C)(C)OC(=O)N1CCN(C2c3ccc(Cl)cc3CCc3cc(Br)cnc32)C[C@@H]1C(=O)[O-].[Na+]. The number of nitrogens with zero attached hydrogens (tertiary/aromatic N) is 3. The standard InChI is InChI=1S/C24H27BrClN3O4.Na/c1-24(2,3)33-23(32)29-9-8-28(13-19(29)22(30)31)21-18-7-6-17(26)11-14(18)4-5-15-10-16(25)12-27-20(15)21;/h6-7,10-12,19,21H,4-5,8-9,13H2,1-3H3,(H,30,31);/q;+1/p-1/t19-,21?;/m1./s1. The molecule has 34 heavy (non-hydrogen) atoms. The Kier molecular flexibility index (Phi) is 8.75. The van der Waals surface area contributed by atoms with Crippen LogP contribution >= 0.6 is 27.5 Å². The van der Waals surface area contributed by atoms with Crippen molar-refractivity contribution < 1.29 is 49.0 Å². The monoisotopic (exact) mass is 557 g/mol. The number of benzene rings is 1. The van der Waals surface area contributed by atoms with E-state index in [4.69, 9.17) is 21.3 Å². The van der Waals surface area contributed by atoms with E-state index in [1.54, 1.807) is 27.0 Å². The summed E-state index contributed by atoms with van der Waals surface area (Å²) in [4.78, 5) is 32.8. The van der Waals surface area contributed by atoms with E-state index in [1.165, 1.54) is 4.90 Å². The quantitative estimate of drug-likeness (QED) is 0.495. The van der Waals surface area contributed by atoms with E-state index >= 15 is 0 Å². The number of rotatable bonds is 2. The van der Waals surface area contributed by atoms with E-state index in [1.807, 2.05) is 18.2 Å². The molecule has 0 N–H and O–H groups in total. The molecule has 10 heteroatoms. The third kappa shape index (κ3) is 5.97. The van der Waals surface area contributed by atoms with Crippen molar-refractivity contribution in [2.45, 2.75) is 51.3 Å². The van der Waals surface area contributed by atoms with Crippen molar-refractivity contribution in [2.24, 2.45) is 0 Å². The number of amides is 1. The van der Waals surface area contributed by atoms with Crippen LogP contribution < -0.4 is 34.7 Å². The molecule has 1 amide bonds. The minimum absolute atomic E-state index is 0. The summed E-state index contributed by atoms with van der Waals surface area (Å²) >= 11 is 9.80. The van der Waals surface area contributed by atoms with E-state index in [-0.39, 0.29) is 48.7 Å². The zero-order valence-electron chi connectivity index (χ0n) is 19.8. The van der Waals surface area contributed by atoms with Crippen molar-refractivity contribution >= 4 is 39.6 Å². The molecule has 0 radical (unpaired) electrons. The number of carbonyl (C=O) groups is 2. The van der Waals surface area contributed by atoms with E-state index in [9.17, 15) is 14.7 Å². The molecular weight excluding hydrogens is 533 g/mol. The second-order valence-corrected chi connectivity index (χ2v) is 10.8. The Morgan fingerprint density at radius 1 is 1.18 bits per heavy atom. The van der Waals surface area contributed by atoms with Gasteiger partial charge in [0.1, 0.15) is 5.60 Å². The fourth-order valence-corrected chi connectivity index (χ4v) is 5.13. The smallest absolute Gasteiger partial charge is 0.548 e. The third-order valence-electron chi connectivity index (χ3n) is 5.97. The number of aromatic nitrogens is 1. The molecule has 2 heterocycles. The van der Waals surface area contributed by atoms with E-state index in [0.717, 1.165) is 39.7 Å². The van der Waals surface area contributed by atoms with Gasteiger partial charge in [0.15, 0.2) is 0 Å². The molecule has 2 aliphatic rings. The molecule has 1 unspecified atom stereocenters. The molecule has 1 aliphatic carbocycles. The Morgan fingerprint density at radius 3 is 2.56 bits per heavy atom. The number of aliphatic carboxylic acids is 1. The van der Waals surface area contributed by atoms with Gasteiger partial charge in [-0.1, -0.05) is 17.7 Å². The minimum atomic E-state index is -1.31. The van der Waals surface area contributed by atoms with Gasteiger partial charge in [-0.2, -0.15) is 0 Å². The van der Waals surface area contributed by atoms with Crippen LogP contribution in [0.5, 0.6) is 0 Å². The zero-order chi connectivity index (χ0) is 23.9. The first-order chi connectivity index (χ1) is 15.5. The summed E-state index contributed by atoms with van der Waals surface area (Å²) in [5.74, 6) is -1.31. The number of carboxylic acids is 1. The van der Waals surface area contributed by atoms with Crippen molar-refractivity contribution in [3.05, 3.63) is 62.3 Å². The summed E-state index contributed by atoms with van der Waals surface area (Å²) < 4.78 is 6.34. The normalized spacial score (nSPS) is 20.4. The van der Waals surface area contributed by atoms with Gasteiger partial charge in [0.2, 0.25) is 0 Å². The van der Waals surface area contributed by atoms with Gasteiger partial charge in [-0.25, -0.2) is 4.79 Å². The van der Waals surface area contributed by atoms with E-state index in [2.05, 4.69) is 26.9 Å². The number of hydrogen-bond acceptors (Lipinski definition) is 6. The molecule has 7 nitrogen and oxygen atoms in total. The van der Waals surface area contributed by atoms with E-state index in [0.29, 0.717) is 11.6 Å². The molecule has 0 spiro atoms. The molecule has 1 fully saturated rings. The van der Waals surface area contributed by atoms with Gasteiger partial charge < -0.3 is 14.6 Å². The van der Waals surface area contributed by atoms with Crippen LogP contribution in [-0.4, -0.2) is 58.1 Å². The predicted octanol–water partition coefficient (Wildman–Crippen LogP) is 0.361. The zero-order valence-corrected chi connectivity index (χ0v) is 24.1. The first-order valence-corrected chi connectivity index (χ1v) is 12.1. The number of carboxylic acid groups (broad SMARTS) is 1. The summed E-state index contributed by atoms with van der Waals surface area (Å²) in [6.07, 6.45) is 2.72. The summed E-state index contributed by atoms with van der Waals surface area (Å²) in [6.45, 7) is 6.04. The molecule has 1 aromatic heterocycles. The fraction of sp³-hybridized carbons (Fsp3) is 0.458. The molecule has 0 bridgehead atoms. The molecule has 176 valence electrons. The van der Waals surface area contributed by atoms with Crippen LogP contribution in [0, 0.1) is 0 Å². The first kappa shape index (κ1) is 27.4. The Hall–Kier alpha value is -1.16. The summed E-state index contributed by atoms with van der Waals surface area (Å²) in [7, 11) is 0. The van der Waals surface area contributed by atoms with Gasteiger partial charge >= 0.3 is 35.7 Å². The Labute approximate surface area is 235 Å². The van der Waals surface area contributed by atoms with Crippen molar-refractivity contribution in [1.82, 2.24) is 14.8 Å². The van der Waals surface area contributed by atoms with Crippen LogP contribution in [0.15, 0.2) is 34.9 Å². The molecule has 0 saturated carbocycles.